The van der Waals surface area contributed by atoms with Crippen LogP contribution in [0.25, 0.3) is 0 Å². The Labute approximate surface area is 90.8 Å². The molecule has 2 atom stereocenters. The Morgan fingerprint density at radius 1 is 1.33 bits per heavy atom. The highest BCUT2D eigenvalue weighted by Gasteiger charge is 2.51. The van der Waals surface area contributed by atoms with Crippen molar-refractivity contribution in [1.29, 1.82) is 0 Å². The molecule has 1 N–H and O–H groups in total. The second-order valence-corrected chi connectivity index (χ2v) is 5.48. The maximum Gasteiger partial charge on any atom is 0.481 e. The average Bonchev–Trinajstić information content (AvgIpc) is 2.08. The van der Waals surface area contributed by atoms with Crippen LogP contribution in [0.15, 0.2) is 11.6 Å². The monoisotopic (exact) mass is 204 g/mol. The lowest BCUT2D eigenvalue weighted by atomic mass is 9.62. The quantitative estimate of drug-likeness (QED) is 0.500. The van der Waals surface area contributed by atoms with Crippen LogP contribution in [-0.4, -0.2) is 43.1 Å². The molecule has 0 spiro atoms. The molecule has 4 bridgehead atoms. The number of carbonyl (C=O) groups is 1. The number of quaternary nitrogens is 1. The molecule has 2 radical (unpaired) electrons. The molecular formula is C11H15BNO2+. The Hall–Kier alpha value is -0.765. The van der Waals surface area contributed by atoms with Crippen molar-refractivity contribution in [2.24, 2.45) is 17.8 Å². The topological polar surface area (TPSA) is 37.3 Å². The highest BCUT2D eigenvalue weighted by atomic mass is 16.4. The summed E-state index contributed by atoms with van der Waals surface area (Å²) in [6, 6.07) is 0. The van der Waals surface area contributed by atoms with E-state index in [4.69, 9.17) is 13.1 Å². The molecule has 3 nitrogen and oxygen atoms in total. The van der Waals surface area contributed by atoms with Gasteiger partial charge in [-0.1, -0.05) is 0 Å². The van der Waals surface area contributed by atoms with Gasteiger partial charge in [0.2, 0.25) is 0 Å². The van der Waals surface area contributed by atoms with Gasteiger partial charge in [0.05, 0.1) is 19.6 Å². The fourth-order valence-corrected chi connectivity index (χ4v) is 4.01. The molecule has 15 heavy (non-hydrogen) atoms. The Morgan fingerprint density at radius 3 is 2.40 bits per heavy atom. The van der Waals surface area contributed by atoms with Crippen molar-refractivity contribution in [1.82, 2.24) is 0 Å². The van der Waals surface area contributed by atoms with Gasteiger partial charge in [0, 0.05) is 23.8 Å². The summed E-state index contributed by atoms with van der Waals surface area (Å²) in [5.41, 5.74) is 1.16. The fraction of sp³-hybridized carbons (Fsp3) is 0.727. The molecule has 2 unspecified atom stereocenters. The first-order valence-electron chi connectivity index (χ1n) is 5.65. The van der Waals surface area contributed by atoms with Crippen LogP contribution in [0.2, 0.25) is 0 Å². The van der Waals surface area contributed by atoms with Gasteiger partial charge in [-0.2, -0.15) is 0 Å². The zero-order valence-corrected chi connectivity index (χ0v) is 8.72. The summed E-state index contributed by atoms with van der Waals surface area (Å²) in [7, 11) is 6.28. The second kappa shape index (κ2) is 2.88. The van der Waals surface area contributed by atoms with Gasteiger partial charge in [-0.25, -0.2) is 4.79 Å². The molecule has 4 fully saturated rings. The largest absolute Gasteiger partial charge is 0.481 e. The van der Waals surface area contributed by atoms with Crippen LogP contribution in [0.1, 0.15) is 12.8 Å². The predicted octanol–water partition coefficient (Wildman–Crippen LogP) is 0.567. The van der Waals surface area contributed by atoms with Gasteiger partial charge < -0.3 is 9.50 Å². The zero-order chi connectivity index (χ0) is 10.6. The van der Waals surface area contributed by atoms with Crippen molar-refractivity contribution in [3.63, 3.8) is 0 Å². The van der Waals surface area contributed by atoms with E-state index in [0.717, 1.165) is 44.0 Å². The number of carboxylic acids is 1. The van der Waals surface area contributed by atoms with Crippen LogP contribution < -0.4 is 0 Å². The van der Waals surface area contributed by atoms with E-state index in [1.165, 1.54) is 6.08 Å². The van der Waals surface area contributed by atoms with Gasteiger partial charge in [-0.15, -0.1) is 0 Å². The second-order valence-electron chi connectivity index (χ2n) is 5.48. The average molecular weight is 204 g/mol. The van der Waals surface area contributed by atoms with E-state index in [1.54, 1.807) is 0 Å². The van der Waals surface area contributed by atoms with Crippen molar-refractivity contribution in [3.8, 4) is 0 Å². The Kier molecular flexibility index (Phi) is 1.82. The van der Waals surface area contributed by atoms with Crippen LogP contribution >= 0.6 is 0 Å². The lowest BCUT2D eigenvalue weighted by Crippen LogP contribution is -2.65. The third-order valence-corrected chi connectivity index (χ3v) is 4.26. The van der Waals surface area contributed by atoms with Crippen LogP contribution in [0.3, 0.4) is 0 Å². The predicted molar refractivity (Wildman–Crippen MR) is 56.0 cm³/mol. The lowest BCUT2D eigenvalue weighted by Gasteiger charge is -2.58. The van der Waals surface area contributed by atoms with Gasteiger partial charge in [0.25, 0.3) is 0 Å². The summed E-state index contributed by atoms with van der Waals surface area (Å²) >= 11 is 0. The third kappa shape index (κ3) is 1.43. The van der Waals surface area contributed by atoms with Crippen molar-refractivity contribution in [2.75, 3.05) is 19.6 Å². The van der Waals surface area contributed by atoms with E-state index >= 15 is 0 Å². The van der Waals surface area contributed by atoms with Crippen LogP contribution in [0.5, 0.6) is 0 Å². The summed E-state index contributed by atoms with van der Waals surface area (Å²) in [6.45, 7) is 3.01. The van der Waals surface area contributed by atoms with Gasteiger partial charge >= 0.3 is 14.0 Å². The van der Waals surface area contributed by atoms with E-state index in [1.807, 2.05) is 0 Å². The zero-order valence-electron chi connectivity index (χ0n) is 8.72. The Morgan fingerprint density at radius 2 is 1.93 bits per heavy atom. The molecule has 4 rings (SSSR count). The number of hydrogen-bond acceptors (Lipinski definition) is 1. The molecule has 1 saturated carbocycles. The van der Waals surface area contributed by atoms with Crippen molar-refractivity contribution in [3.05, 3.63) is 11.6 Å². The summed E-state index contributed by atoms with van der Waals surface area (Å²) in [5.74, 6) is 0.823. The molecule has 0 amide bonds. The van der Waals surface area contributed by atoms with Crippen molar-refractivity contribution in [2.45, 2.75) is 12.8 Å². The summed E-state index contributed by atoms with van der Waals surface area (Å²) < 4.78 is 0.691. The number of nitrogens with zero attached hydrogens (tertiary/aromatic N) is 1. The Balaban J connectivity index is 1.94. The molecule has 1 aliphatic carbocycles. The van der Waals surface area contributed by atoms with Gasteiger partial charge in [-0.3, -0.25) is 0 Å². The maximum absolute atomic E-state index is 10.8. The molecule has 0 aromatic heterocycles. The van der Waals surface area contributed by atoms with Crippen LogP contribution in [-0.2, 0) is 4.79 Å². The number of carboxylic acid groups (broad SMARTS) is 1. The van der Waals surface area contributed by atoms with Crippen molar-refractivity contribution < 1.29 is 14.3 Å². The molecule has 78 valence electrons. The summed E-state index contributed by atoms with van der Waals surface area (Å²) in [4.78, 5) is 10.8. The molecule has 4 heteroatoms. The third-order valence-electron chi connectivity index (χ3n) is 4.26. The molecular weight excluding hydrogens is 189 g/mol. The summed E-state index contributed by atoms with van der Waals surface area (Å²) in [5, 5.41) is 8.85. The first-order chi connectivity index (χ1) is 7.06. The van der Waals surface area contributed by atoms with E-state index in [-0.39, 0.29) is 0 Å². The first kappa shape index (κ1) is 9.46. The van der Waals surface area contributed by atoms with E-state index in [2.05, 4.69) is 0 Å². The van der Waals surface area contributed by atoms with Crippen LogP contribution in [0, 0.1) is 17.8 Å². The number of aliphatic carboxylic acids is 1. The number of piperidine rings is 3. The minimum Gasteiger partial charge on any atom is -0.478 e. The van der Waals surface area contributed by atoms with E-state index in [0.29, 0.717) is 16.2 Å². The number of hydrogen-bond donors (Lipinski definition) is 1. The first-order valence-corrected chi connectivity index (χ1v) is 5.65. The molecule has 3 aliphatic heterocycles. The summed E-state index contributed by atoms with van der Waals surface area (Å²) in [6.07, 6.45) is 3.76. The standard InChI is InChI=1S/C11H15BNO2/c12-13-4-7-1-8(5-13)10(3-11(14)15)9(2-7)6-13/h3,7-9H,1-2,4-6H2,(H,14,15)/q+1. The molecule has 0 aromatic carbocycles. The lowest BCUT2D eigenvalue weighted by molar-refractivity contribution is -0.846. The molecule has 4 aliphatic rings. The maximum atomic E-state index is 10.8. The van der Waals surface area contributed by atoms with Gasteiger partial charge in [-0.05, 0) is 18.4 Å². The van der Waals surface area contributed by atoms with Crippen molar-refractivity contribution >= 4 is 14.0 Å². The highest BCUT2D eigenvalue weighted by molar-refractivity contribution is 5.97. The normalized spacial score (nSPS) is 46.9. The van der Waals surface area contributed by atoms with E-state index < -0.39 is 5.97 Å². The fourth-order valence-electron chi connectivity index (χ4n) is 4.01. The minimum atomic E-state index is -0.795. The van der Waals surface area contributed by atoms with E-state index in [9.17, 15) is 4.79 Å². The smallest absolute Gasteiger partial charge is 0.478 e. The number of rotatable bonds is 1. The van der Waals surface area contributed by atoms with Gasteiger partial charge in [0.15, 0.2) is 0 Å². The minimum absolute atomic E-state index is 0.442. The molecule has 0 aromatic rings. The van der Waals surface area contributed by atoms with Gasteiger partial charge in [0.1, 0.15) is 0 Å². The Bertz CT molecular complexity index is 334. The molecule has 3 heterocycles. The molecule has 3 saturated heterocycles. The highest BCUT2D eigenvalue weighted by Crippen LogP contribution is 2.49. The SMILES string of the molecule is [B][N+]12CC3CC(C1)C(=CC(=O)O)C(C3)C2. The van der Waals surface area contributed by atoms with Crippen LogP contribution in [0.4, 0.5) is 0 Å².